The molecule has 0 saturated carbocycles. The maximum absolute atomic E-state index is 9.19. The van der Waals surface area contributed by atoms with Crippen molar-refractivity contribution >= 4 is 19.8 Å². The summed E-state index contributed by atoms with van der Waals surface area (Å²) in [7, 11) is 1.73. The number of alkyl halides is 2. The van der Waals surface area contributed by atoms with E-state index < -0.39 is 19.8 Å². The second kappa shape index (κ2) is 5.09. The molecule has 0 aromatic heterocycles. The SMILES string of the molecule is C#CN(C)/C(=C\I(C)C)C(=C)O. The van der Waals surface area contributed by atoms with E-state index in [1.807, 2.05) is 4.08 Å². The number of nitrogens with zero attached hydrogens (tertiary/aromatic N) is 1. The number of rotatable bonds is 3. The molecular weight excluding hydrogens is 265 g/mol. The molecule has 0 amide bonds. The number of halogens is 1. The fourth-order valence-electron chi connectivity index (χ4n) is 0.606. The third kappa shape index (κ3) is 3.67. The zero-order chi connectivity index (χ0) is 9.72. The van der Waals surface area contributed by atoms with Gasteiger partial charge in [-0.25, -0.2) is 0 Å². The number of terminal acetylenes is 1. The van der Waals surface area contributed by atoms with Gasteiger partial charge in [-0.2, -0.15) is 0 Å². The number of hydrogen-bond donors (Lipinski definition) is 1. The molecule has 0 unspecified atom stereocenters. The summed E-state index contributed by atoms with van der Waals surface area (Å²) in [4.78, 5) is 5.87. The van der Waals surface area contributed by atoms with Crippen LogP contribution in [0.25, 0.3) is 0 Å². The summed E-state index contributed by atoms with van der Waals surface area (Å²) >= 11 is -1.03. The van der Waals surface area contributed by atoms with Gasteiger partial charge in [0.2, 0.25) is 0 Å². The van der Waals surface area contributed by atoms with Crippen LogP contribution < -0.4 is 0 Å². The molecule has 0 saturated heterocycles. The van der Waals surface area contributed by atoms with Crippen molar-refractivity contribution in [3.05, 3.63) is 22.1 Å². The summed E-state index contributed by atoms with van der Waals surface area (Å²) < 4.78 is 2.02. The molecule has 0 rings (SSSR count). The Labute approximate surface area is 81.3 Å². The van der Waals surface area contributed by atoms with Crippen LogP contribution in [-0.2, 0) is 0 Å². The molecule has 0 radical (unpaired) electrons. The Morgan fingerprint density at radius 3 is 2.42 bits per heavy atom. The molecular formula is C9H14INO. The summed E-state index contributed by atoms with van der Waals surface area (Å²) in [6.07, 6.45) is 5.19. The van der Waals surface area contributed by atoms with Gasteiger partial charge in [0.25, 0.3) is 0 Å². The van der Waals surface area contributed by atoms with Crippen molar-refractivity contribution < 1.29 is 5.11 Å². The van der Waals surface area contributed by atoms with Gasteiger partial charge in [0.15, 0.2) is 0 Å². The first kappa shape index (κ1) is 11.4. The van der Waals surface area contributed by atoms with Crippen LogP contribution in [-0.4, -0.2) is 26.9 Å². The summed E-state index contributed by atoms with van der Waals surface area (Å²) in [5.41, 5.74) is 0.660. The van der Waals surface area contributed by atoms with E-state index in [9.17, 15) is 5.11 Å². The Kier molecular flexibility index (Phi) is 4.83. The fourth-order valence-corrected chi connectivity index (χ4v) is 2.56. The number of hydrogen-bond acceptors (Lipinski definition) is 2. The third-order valence-corrected chi connectivity index (χ3v) is 3.01. The normalized spacial score (nSPS) is 11.8. The molecule has 1 N–H and O–H groups in total. The van der Waals surface area contributed by atoms with Crippen LogP contribution in [0.4, 0.5) is 0 Å². The average molecular weight is 279 g/mol. The van der Waals surface area contributed by atoms with Crippen LogP contribution in [0.15, 0.2) is 22.1 Å². The van der Waals surface area contributed by atoms with Crippen LogP contribution in [0.2, 0.25) is 0 Å². The maximum atomic E-state index is 9.19. The van der Waals surface area contributed by atoms with Gasteiger partial charge >= 0.3 is 81.3 Å². The Hall–Kier alpha value is -0.630. The summed E-state index contributed by atoms with van der Waals surface area (Å²) in [5.74, 6) is 0.0430. The van der Waals surface area contributed by atoms with Crippen molar-refractivity contribution in [3.8, 4) is 12.5 Å². The van der Waals surface area contributed by atoms with Gasteiger partial charge in [-0.3, -0.25) is 0 Å². The molecule has 2 nitrogen and oxygen atoms in total. The van der Waals surface area contributed by atoms with Gasteiger partial charge < -0.3 is 0 Å². The van der Waals surface area contributed by atoms with Crippen molar-refractivity contribution in [2.75, 3.05) is 16.9 Å². The number of likely N-dealkylation sites (N-methyl/N-ethyl adjacent to an activating group) is 1. The number of aliphatic hydroxyl groups is 1. The monoisotopic (exact) mass is 279 g/mol. The van der Waals surface area contributed by atoms with E-state index in [1.54, 1.807) is 11.9 Å². The van der Waals surface area contributed by atoms with Crippen LogP contribution in [0.1, 0.15) is 0 Å². The second-order valence-electron chi connectivity index (χ2n) is 2.44. The zero-order valence-electron chi connectivity index (χ0n) is 7.63. The van der Waals surface area contributed by atoms with E-state index in [4.69, 9.17) is 6.42 Å². The van der Waals surface area contributed by atoms with Crippen LogP contribution in [0.5, 0.6) is 0 Å². The third-order valence-electron chi connectivity index (χ3n) is 1.17. The molecule has 0 bridgehead atoms. The van der Waals surface area contributed by atoms with Gasteiger partial charge in [-0.1, -0.05) is 0 Å². The van der Waals surface area contributed by atoms with Gasteiger partial charge in [0.1, 0.15) is 0 Å². The Bertz CT molecular complexity index is 237. The van der Waals surface area contributed by atoms with Gasteiger partial charge in [-0.15, -0.1) is 0 Å². The minimum absolute atomic E-state index is 0.0430. The molecule has 0 aromatic rings. The molecule has 0 aliphatic carbocycles. The first-order valence-corrected chi connectivity index (χ1v) is 8.83. The van der Waals surface area contributed by atoms with E-state index in [-0.39, 0.29) is 5.76 Å². The molecule has 12 heavy (non-hydrogen) atoms. The van der Waals surface area contributed by atoms with Crippen molar-refractivity contribution in [1.82, 2.24) is 4.90 Å². The topological polar surface area (TPSA) is 23.5 Å². The Morgan fingerprint density at radius 2 is 2.17 bits per heavy atom. The summed E-state index contributed by atoms with van der Waals surface area (Å²) in [5, 5.41) is 9.19. The molecule has 0 aliphatic heterocycles. The quantitative estimate of drug-likeness (QED) is 0.214. The molecule has 0 aliphatic rings. The number of aliphatic hydroxyl groups excluding tert-OH is 1. The average Bonchev–Trinajstić information content (AvgIpc) is 1.98. The minimum atomic E-state index is -1.03. The van der Waals surface area contributed by atoms with Crippen molar-refractivity contribution in [3.63, 3.8) is 0 Å². The van der Waals surface area contributed by atoms with Crippen LogP contribution in [0, 0.1) is 12.5 Å². The Morgan fingerprint density at radius 1 is 1.67 bits per heavy atom. The predicted octanol–water partition coefficient (Wildman–Crippen LogP) is 2.19. The van der Waals surface area contributed by atoms with E-state index in [1.165, 1.54) is 0 Å². The van der Waals surface area contributed by atoms with E-state index in [0.717, 1.165) is 0 Å². The summed E-state index contributed by atoms with van der Waals surface area (Å²) in [6.45, 7) is 3.45. The molecule has 0 fully saturated rings. The molecule has 68 valence electrons. The first-order chi connectivity index (χ1) is 5.49. The first-order valence-electron chi connectivity index (χ1n) is 3.27. The molecule has 0 heterocycles. The van der Waals surface area contributed by atoms with Gasteiger partial charge in [-0.05, 0) is 0 Å². The zero-order valence-corrected chi connectivity index (χ0v) is 9.79. The van der Waals surface area contributed by atoms with Gasteiger partial charge in [0, 0.05) is 0 Å². The van der Waals surface area contributed by atoms with Crippen LogP contribution in [0.3, 0.4) is 0 Å². The van der Waals surface area contributed by atoms with Gasteiger partial charge in [0.05, 0.1) is 0 Å². The molecule has 0 spiro atoms. The van der Waals surface area contributed by atoms with Crippen molar-refractivity contribution in [1.29, 1.82) is 0 Å². The molecule has 0 aromatic carbocycles. The Balaban J connectivity index is 4.69. The van der Waals surface area contributed by atoms with Crippen molar-refractivity contribution in [2.24, 2.45) is 0 Å². The van der Waals surface area contributed by atoms with E-state index in [2.05, 4.69) is 22.5 Å². The van der Waals surface area contributed by atoms with Crippen molar-refractivity contribution in [2.45, 2.75) is 0 Å². The predicted molar refractivity (Wildman–Crippen MR) is 62.3 cm³/mol. The second-order valence-corrected chi connectivity index (χ2v) is 7.72. The molecule has 3 heteroatoms. The standard InChI is InChI=1S/C9H14INO/c1-6-11(5)9(8(2)12)7-10(3)4/h1,7,12H,2H2,3-5H3/b9-7-. The van der Waals surface area contributed by atoms with Crippen LogP contribution >= 0.6 is 19.8 Å². The summed E-state index contributed by atoms with van der Waals surface area (Å²) in [6, 6.07) is 2.42. The van der Waals surface area contributed by atoms with E-state index in [0.29, 0.717) is 5.70 Å². The van der Waals surface area contributed by atoms with E-state index >= 15 is 0 Å². The fraction of sp³-hybridized carbons (Fsp3) is 0.333. The molecule has 0 atom stereocenters.